The predicted molar refractivity (Wildman–Crippen MR) is 119 cm³/mol. The lowest BCUT2D eigenvalue weighted by Gasteiger charge is -2.42. The molecule has 2 aliphatic heterocycles. The number of likely N-dealkylation sites (tertiary alicyclic amines) is 2. The number of benzene rings is 2. The van der Waals surface area contributed by atoms with Gasteiger partial charge in [0.1, 0.15) is 0 Å². The van der Waals surface area contributed by atoms with Crippen LogP contribution in [0.2, 0.25) is 0 Å². The van der Waals surface area contributed by atoms with Crippen LogP contribution in [0.25, 0.3) is 0 Å². The van der Waals surface area contributed by atoms with Gasteiger partial charge in [-0.3, -0.25) is 9.80 Å². The maximum atomic E-state index is 11.4. The number of fused-ring (bicyclic) bond motifs is 1. The Morgan fingerprint density at radius 2 is 1.84 bits per heavy atom. The Kier molecular flexibility index (Phi) is 5.53. The monoisotopic (exact) mass is 432 g/mol. The standard InChI is InChI=1S/C25H28N4O3/c1-18-26-24(32-27-18)25-16-28(14-20-8-5-9-21(12-20)23(30)31)11-10-22(25)15-29(17-25)13-19-6-3-2-4-7-19/h2-9,12,22H,10-11,13-17H2,1H3,(H,30,31)/t22-,25-/m0/s1. The third-order valence-corrected chi connectivity index (χ3v) is 6.85. The third-order valence-electron chi connectivity index (χ3n) is 6.85. The molecule has 1 N–H and O–H groups in total. The second-order valence-corrected chi connectivity index (χ2v) is 9.16. The van der Waals surface area contributed by atoms with Gasteiger partial charge >= 0.3 is 5.97 Å². The Morgan fingerprint density at radius 1 is 1.09 bits per heavy atom. The lowest BCUT2D eigenvalue weighted by molar-refractivity contribution is 0.0696. The lowest BCUT2D eigenvalue weighted by atomic mass is 9.73. The minimum absolute atomic E-state index is 0.210. The summed E-state index contributed by atoms with van der Waals surface area (Å²) in [6, 6.07) is 17.8. The molecule has 1 aromatic heterocycles. The fourth-order valence-corrected chi connectivity index (χ4v) is 5.41. The summed E-state index contributed by atoms with van der Waals surface area (Å²) in [6.07, 6.45) is 1.05. The number of carbonyl (C=O) groups is 1. The van der Waals surface area contributed by atoms with E-state index in [4.69, 9.17) is 4.52 Å². The molecular weight excluding hydrogens is 404 g/mol. The van der Waals surface area contributed by atoms with E-state index in [1.54, 1.807) is 12.1 Å². The van der Waals surface area contributed by atoms with Gasteiger partial charge in [-0.2, -0.15) is 4.98 Å². The van der Waals surface area contributed by atoms with Gasteiger partial charge in [-0.15, -0.1) is 0 Å². The van der Waals surface area contributed by atoms with Crippen molar-refractivity contribution in [3.8, 4) is 0 Å². The topological polar surface area (TPSA) is 82.7 Å². The first-order valence-corrected chi connectivity index (χ1v) is 11.1. The van der Waals surface area contributed by atoms with E-state index in [1.807, 2.05) is 25.1 Å². The number of nitrogens with zero attached hydrogens (tertiary/aromatic N) is 4. The highest BCUT2D eigenvalue weighted by atomic mass is 16.5. The number of carboxylic acids is 1. The van der Waals surface area contributed by atoms with Crippen LogP contribution in [0.3, 0.4) is 0 Å². The van der Waals surface area contributed by atoms with Crippen LogP contribution in [0.1, 0.15) is 39.6 Å². The zero-order valence-electron chi connectivity index (χ0n) is 18.3. The average Bonchev–Trinajstić information content (AvgIpc) is 3.38. The van der Waals surface area contributed by atoms with Crippen LogP contribution in [0.15, 0.2) is 59.1 Å². The van der Waals surface area contributed by atoms with Gasteiger partial charge in [-0.25, -0.2) is 4.79 Å². The van der Waals surface area contributed by atoms with Gasteiger partial charge < -0.3 is 9.63 Å². The molecule has 2 fully saturated rings. The highest BCUT2D eigenvalue weighted by Gasteiger charge is 2.54. The summed E-state index contributed by atoms with van der Waals surface area (Å²) in [5.74, 6) is 0.962. The van der Waals surface area contributed by atoms with Gasteiger partial charge in [0, 0.05) is 32.7 Å². The highest BCUT2D eigenvalue weighted by Crippen LogP contribution is 2.44. The number of carboxylic acid groups (broad SMARTS) is 1. The molecule has 0 spiro atoms. The van der Waals surface area contributed by atoms with Crippen molar-refractivity contribution in [3.63, 3.8) is 0 Å². The molecule has 7 nitrogen and oxygen atoms in total. The van der Waals surface area contributed by atoms with Crippen molar-refractivity contribution in [2.45, 2.75) is 31.8 Å². The summed E-state index contributed by atoms with van der Waals surface area (Å²) in [5, 5.41) is 13.4. The molecule has 3 heterocycles. The molecule has 5 rings (SSSR count). The summed E-state index contributed by atoms with van der Waals surface area (Å²) < 4.78 is 5.76. The van der Waals surface area contributed by atoms with Crippen molar-refractivity contribution in [2.75, 3.05) is 26.2 Å². The summed E-state index contributed by atoms with van der Waals surface area (Å²) >= 11 is 0. The highest BCUT2D eigenvalue weighted by molar-refractivity contribution is 5.87. The summed E-state index contributed by atoms with van der Waals surface area (Å²) in [7, 11) is 0. The van der Waals surface area contributed by atoms with E-state index >= 15 is 0 Å². The number of hydrogen-bond donors (Lipinski definition) is 1. The molecule has 2 aromatic carbocycles. The van der Waals surface area contributed by atoms with Crippen molar-refractivity contribution in [2.24, 2.45) is 5.92 Å². The van der Waals surface area contributed by atoms with E-state index in [2.05, 4.69) is 44.2 Å². The predicted octanol–water partition coefficient (Wildman–Crippen LogP) is 3.35. The van der Waals surface area contributed by atoms with Crippen molar-refractivity contribution in [1.29, 1.82) is 0 Å². The van der Waals surface area contributed by atoms with Crippen LogP contribution >= 0.6 is 0 Å². The Balaban J connectivity index is 1.39. The van der Waals surface area contributed by atoms with Gasteiger partial charge in [0.15, 0.2) is 5.82 Å². The van der Waals surface area contributed by atoms with Gasteiger partial charge in [-0.1, -0.05) is 47.6 Å². The normalized spacial score (nSPS) is 23.8. The smallest absolute Gasteiger partial charge is 0.335 e. The molecule has 2 saturated heterocycles. The fraction of sp³-hybridized carbons (Fsp3) is 0.400. The Bertz CT molecular complexity index is 1100. The van der Waals surface area contributed by atoms with Crippen LogP contribution in [-0.2, 0) is 18.5 Å². The molecular formula is C25H28N4O3. The number of aromatic carboxylic acids is 1. The van der Waals surface area contributed by atoms with E-state index < -0.39 is 5.97 Å². The molecule has 166 valence electrons. The zero-order valence-corrected chi connectivity index (χ0v) is 18.3. The van der Waals surface area contributed by atoms with E-state index in [0.717, 1.165) is 50.6 Å². The number of piperidine rings is 1. The largest absolute Gasteiger partial charge is 0.478 e. The molecule has 32 heavy (non-hydrogen) atoms. The minimum atomic E-state index is -0.893. The molecule has 2 aliphatic rings. The van der Waals surface area contributed by atoms with Crippen LogP contribution < -0.4 is 0 Å². The van der Waals surface area contributed by atoms with Crippen molar-refractivity contribution < 1.29 is 14.4 Å². The van der Waals surface area contributed by atoms with Gasteiger partial charge in [-0.05, 0) is 49.1 Å². The molecule has 7 heteroatoms. The van der Waals surface area contributed by atoms with Crippen LogP contribution in [-0.4, -0.2) is 57.2 Å². The minimum Gasteiger partial charge on any atom is -0.478 e. The number of aryl methyl sites for hydroxylation is 1. The van der Waals surface area contributed by atoms with E-state index in [0.29, 0.717) is 23.9 Å². The summed E-state index contributed by atoms with van der Waals surface area (Å²) in [4.78, 5) is 21.0. The summed E-state index contributed by atoms with van der Waals surface area (Å²) in [6.45, 7) is 7.16. The molecule has 0 unspecified atom stereocenters. The van der Waals surface area contributed by atoms with E-state index in [1.165, 1.54) is 5.56 Å². The number of aromatic nitrogens is 2. The van der Waals surface area contributed by atoms with Crippen LogP contribution in [0.4, 0.5) is 0 Å². The first kappa shape index (κ1) is 20.8. The molecule has 0 bridgehead atoms. The van der Waals surface area contributed by atoms with E-state index in [-0.39, 0.29) is 5.41 Å². The molecule has 0 aliphatic carbocycles. The Morgan fingerprint density at radius 3 is 2.59 bits per heavy atom. The first-order valence-electron chi connectivity index (χ1n) is 11.1. The average molecular weight is 433 g/mol. The maximum Gasteiger partial charge on any atom is 0.335 e. The lowest BCUT2D eigenvalue weighted by Crippen LogP contribution is -2.51. The van der Waals surface area contributed by atoms with Gasteiger partial charge in [0.05, 0.1) is 11.0 Å². The van der Waals surface area contributed by atoms with E-state index in [9.17, 15) is 9.90 Å². The number of hydrogen-bond acceptors (Lipinski definition) is 6. The SMILES string of the molecule is Cc1noc([C@]23CN(Cc4cccc(C(=O)O)c4)CC[C@H]2CN(Cc2ccccc2)C3)n1. The van der Waals surface area contributed by atoms with Crippen LogP contribution in [0, 0.1) is 12.8 Å². The Labute approximate surface area is 187 Å². The molecule has 3 aromatic rings. The zero-order chi connectivity index (χ0) is 22.1. The van der Waals surface area contributed by atoms with Crippen LogP contribution in [0.5, 0.6) is 0 Å². The summed E-state index contributed by atoms with van der Waals surface area (Å²) in [5.41, 5.74) is 2.44. The second-order valence-electron chi connectivity index (χ2n) is 9.16. The molecule has 0 saturated carbocycles. The first-order chi connectivity index (χ1) is 15.5. The quantitative estimate of drug-likeness (QED) is 0.640. The second kappa shape index (κ2) is 8.48. The fourth-order valence-electron chi connectivity index (χ4n) is 5.41. The third kappa shape index (κ3) is 4.06. The van der Waals surface area contributed by atoms with Crippen molar-refractivity contribution >= 4 is 5.97 Å². The molecule has 0 radical (unpaired) electrons. The van der Waals surface area contributed by atoms with Crippen molar-refractivity contribution in [1.82, 2.24) is 19.9 Å². The van der Waals surface area contributed by atoms with Crippen molar-refractivity contribution in [3.05, 3.63) is 83.0 Å². The molecule has 2 atom stereocenters. The maximum absolute atomic E-state index is 11.4. The van der Waals surface area contributed by atoms with Gasteiger partial charge in [0.25, 0.3) is 0 Å². The Hall–Kier alpha value is -3.03. The number of rotatable bonds is 6. The van der Waals surface area contributed by atoms with Gasteiger partial charge in [0.2, 0.25) is 5.89 Å². The molecule has 0 amide bonds.